The van der Waals surface area contributed by atoms with Crippen LogP contribution in [-0.4, -0.2) is 9.97 Å². The summed E-state index contributed by atoms with van der Waals surface area (Å²) in [5.41, 5.74) is 3.15. The highest BCUT2D eigenvalue weighted by atomic mass is 35.5. The molecule has 0 fully saturated rings. The lowest BCUT2D eigenvalue weighted by Crippen LogP contribution is -1.94. The van der Waals surface area contributed by atoms with Crippen LogP contribution in [0.25, 0.3) is 11.3 Å². The number of benzene rings is 1. The Bertz CT molecular complexity index is 541. The molecule has 0 unspecified atom stereocenters. The fourth-order valence-electron chi connectivity index (χ4n) is 1.55. The number of aryl methyl sites for hydroxylation is 1. The fourth-order valence-corrected chi connectivity index (χ4v) is 1.68. The van der Waals surface area contributed by atoms with E-state index >= 15 is 0 Å². The number of halogens is 2. The minimum Gasteiger partial charge on any atom is -0.236 e. The van der Waals surface area contributed by atoms with Gasteiger partial charge in [0.2, 0.25) is 0 Å². The van der Waals surface area contributed by atoms with Gasteiger partial charge in [-0.25, -0.2) is 14.4 Å². The lowest BCUT2D eigenvalue weighted by molar-refractivity contribution is 0.628. The van der Waals surface area contributed by atoms with Gasteiger partial charge in [-0.05, 0) is 31.5 Å². The number of hydrogen-bond acceptors (Lipinski definition) is 2. The van der Waals surface area contributed by atoms with Gasteiger partial charge in [-0.1, -0.05) is 17.7 Å². The molecule has 0 saturated carbocycles. The Morgan fingerprint density at radius 3 is 2.69 bits per heavy atom. The Balaban J connectivity index is 2.67. The molecule has 2 aromatic rings. The first kappa shape index (κ1) is 11.0. The minimum absolute atomic E-state index is 0.283. The van der Waals surface area contributed by atoms with Crippen molar-refractivity contribution in [2.75, 3.05) is 0 Å². The summed E-state index contributed by atoms with van der Waals surface area (Å²) in [6.07, 6.45) is 1.38. The van der Waals surface area contributed by atoms with Crippen LogP contribution in [0.2, 0.25) is 5.15 Å². The zero-order valence-corrected chi connectivity index (χ0v) is 9.72. The van der Waals surface area contributed by atoms with Gasteiger partial charge in [0.1, 0.15) is 17.3 Å². The van der Waals surface area contributed by atoms with Crippen molar-refractivity contribution in [2.24, 2.45) is 0 Å². The predicted octanol–water partition coefficient (Wildman–Crippen LogP) is 3.55. The molecular weight excluding hydrogens is 227 g/mol. The zero-order valence-electron chi connectivity index (χ0n) is 8.96. The molecule has 0 saturated heterocycles. The van der Waals surface area contributed by atoms with Gasteiger partial charge in [-0.15, -0.1) is 0 Å². The van der Waals surface area contributed by atoms with E-state index in [0.29, 0.717) is 10.8 Å². The van der Waals surface area contributed by atoms with Gasteiger partial charge in [-0.3, -0.25) is 0 Å². The SMILES string of the molecule is Cc1ccc(F)cc1-c1ncnc(Cl)c1C. The van der Waals surface area contributed by atoms with E-state index in [1.165, 1.54) is 18.5 Å². The molecular formula is C12H10ClFN2. The summed E-state index contributed by atoms with van der Waals surface area (Å²) in [7, 11) is 0. The first-order chi connectivity index (χ1) is 7.59. The molecule has 0 bridgehead atoms. The number of nitrogens with zero attached hydrogens (tertiary/aromatic N) is 2. The van der Waals surface area contributed by atoms with E-state index in [9.17, 15) is 4.39 Å². The van der Waals surface area contributed by atoms with Crippen LogP contribution in [-0.2, 0) is 0 Å². The molecule has 2 nitrogen and oxygen atoms in total. The summed E-state index contributed by atoms with van der Waals surface area (Å²) >= 11 is 5.91. The summed E-state index contributed by atoms with van der Waals surface area (Å²) in [5, 5.41) is 0.397. The van der Waals surface area contributed by atoms with Crippen molar-refractivity contribution in [3.05, 3.63) is 46.6 Å². The maximum Gasteiger partial charge on any atom is 0.135 e. The van der Waals surface area contributed by atoms with Gasteiger partial charge >= 0.3 is 0 Å². The van der Waals surface area contributed by atoms with Gasteiger partial charge in [0.25, 0.3) is 0 Å². The number of aromatic nitrogens is 2. The summed E-state index contributed by atoms with van der Waals surface area (Å²) in [6.45, 7) is 3.73. The zero-order chi connectivity index (χ0) is 11.7. The van der Waals surface area contributed by atoms with Crippen LogP contribution in [0.4, 0.5) is 4.39 Å². The molecule has 1 aromatic heterocycles. The Hall–Kier alpha value is -1.48. The van der Waals surface area contributed by atoms with Gasteiger partial charge in [0.05, 0.1) is 5.69 Å². The summed E-state index contributed by atoms with van der Waals surface area (Å²) in [6, 6.07) is 4.61. The summed E-state index contributed by atoms with van der Waals surface area (Å²) in [5.74, 6) is -0.283. The third-order valence-electron chi connectivity index (χ3n) is 2.48. The predicted molar refractivity (Wildman–Crippen MR) is 61.9 cm³/mol. The first-order valence-corrected chi connectivity index (χ1v) is 5.21. The first-order valence-electron chi connectivity index (χ1n) is 4.83. The second-order valence-electron chi connectivity index (χ2n) is 3.60. The smallest absolute Gasteiger partial charge is 0.135 e. The van der Waals surface area contributed by atoms with Crippen molar-refractivity contribution < 1.29 is 4.39 Å². The third-order valence-corrected chi connectivity index (χ3v) is 2.86. The van der Waals surface area contributed by atoms with E-state index in [4.69, 9.17) is 11.6 Å². The summed E-state index contributed by atoms with van der Waals surface area (Å²) in [4.78, 5) is 8.03. The molecule has 82 valence electrons. The average molecular weight is 237 g/mol. The van der Waals surface area contributed by atoms with Gasteiger partial charge in [-0.2, -0.15) is 0 Å². The molecule has 16 heavy (non-hydrogen) atoms. The Morgan fingerprint density at radius 2 is 1.94 bits per heavy atom. The quantitative estimate of drug-likeness (QED) is 0.708. The van der Waals surface area contributed by atoms with Crippen LogP contribution in [0, 0.1) is 19.7 Å². The van der Waals surface area contributed by atoms with E-state index < -0.39 is 0 Å². The maximum atomic E-state index is 13.2. The topological polar surface area (TPSA) is 25.8 Å². The number of rotatable bonds is 1. The van der Waals surface area contributed by atoms with Gasteiger partial charge in [0.15, 0.2) is 0 Å². The van der Waals surface area contributed by atoms with Crippen LogP contribution in [0.15, 0.2) is 24.5 Å². The second kappa shape index (κ2) is 4.18. The Morgan fingerprint density at radius 1 is 1.19 bits per heavy atom. The molecule has 0 atom stereocenters. The van der Waals surface area contributed by atoms with Crippen molar-refractivity contribution in [1.82, 2.24) is 9.97 Å². The van der Waals surface area contributed by atoms with Crippen molar-refractivity contribution in [1.29, 1.82) is 0 Å². The van der Waals surface area contributed by atoms with E-state index in [1.807, 2.05) is 13.8 Å². The number of hydrogen-bond donors (Lipinski definition) is 0. The second-order valence-corrected chi connectivity index (χ2v) is 3.96. The molecule has 0 radical (unpaired) electrons. The molecule has 0 aliphatic carbocycles. The van der Waals surface area contributed by atoms with E-state index in [1.54, 1.807) is 6.07 Å². The van der Waals surface area contributed by atoms with Gasteiger partial charge in [0, 0.05) is 11.1 Å². The lowest BCUT2D eigenvalue weighted by Gasteiger charge is -2.08. The molecule has 1 heterocycles. The lowest BCUT2D eigenvalue weighted by atomic mass is 10.0. The third kappa shape index (κ3) is 1.91. The monoisotopic (exact) mass is 236 g/mol. The van der Waals surface area contributed by atoms with Crippen LogP contribution >= 0.6 is 11.6 Å². The fraction of sp³-hybridized carbons (Fsp3) is 0.167. The largest absolute Gasteiger partial charge is 0.236 e. The molecule has 0 aliphatic heterocycles. The minimum atomic E-state index is -0.283. The normalized spacial score (nSPS) is 10.5. The molecule has 0 aliphatic rings. The average Bonchev–Trinajstić information content (AvgIpc) is 2.26. The van der Waals surface area contributed by atoms with Crippen LogP contribution < -0.4 is 0 Å². The van der Waals surface area contributed by atoms with Crippen molar-refractivity contribution >= 4 is 11.6 Å². The molecule has 0 amide bonds. The maximum absolute atomic E-state index is 13.2. The van der Waals surface area contributed by atoms with E-state index in [2.05, 4.69) is 9.97 Å². The van der Waals surface area contributed by atoms with Crippen molar-refractivity contribution in [2.45, 2.75) is 13.8 Å². The highest BCUT2D eigenvalue weighted by Gasteiger charge is 2.10. The van der Waals surface area contributed by atoms with E-state index in [0.717, 1.165) is 16.7 Å². The highest BCUT2D eigenvalue weighted by molar-refractivity contribution is 6.30. The molecule has 0 spiro atoms. The molecule has 0 N–H and O–H groups in total. The van der Waals surface area contributed by atoms with Crippen LogP contribution in [0.1, 0.15) is 11.1 Å². The molecule has 2 rings (SSSR count). The summed E-state index contributed by atoms with van der Waals surface area (Å²) < 4.78 is 13.2. The van der Waals surface area contributed by atoms with Gasteiger partial charge < -0.3 is 0 Å². The Labute approximate surface area is 98.1 Å². The van der Waals surface area contributed by atoms with Crippen molar-refractivity contribution in [3.63, 3.8) is 0 Å². The van der Waals surface area contributed by atoms with Crippen LogP contribution in [0.3, 0.4) is 0 Å². The van der Waals surface area contributed by atoms with E-state index in [-0.39, 0.29) is 5.82 Å². The highest BCUT2D eigenvalue weighted by Crippen LogP contribution is 2.27. The van der Waals surface area contributed by atoms with Crippen LogP contribution in [0.5, 0.6) is 0 Å². The molecule has 1 aromatic carbocycles. The standard InChI is InChI=1S/C12H10ClFN2/c1-7-3-4-9(14)5-10(7)11-8(2)12(13)16-6-15-11/h3-6H,1-2H3. The Kier molecular flexibility index (Phi) is 2.88. The molecule has 4 heteroatoms. The van der Waals surface area contributed by atoms with Crippen molar-refractivity contribution in [3.8, 4) is 11.3 Å².